The fourth-order valence-electron chi connectivity index (χ4n) is 1.23. The van der Waals surface area contributed by atoms with Crippen LogP contribution in [0.3, 0.4) is 0 Å². The van der Waals surface area contributed by atoms with Gasteiger partial charge in [-0.2, -0.15) is 11.3 Å². The predicted molar refractivity (Wildman–Crippen MR) is 57.2 cm³/mol. The quantitative estimate of drug-likeness (QED) is 0.616. The fourth-order valence-corrected chi connectivity index (χ4v) is 2.34. The number of rotatable bonds is 5. The van der Waals surface area contributed by atoms with Gasteiger partial charge < -0.3 is 0 Å². The third kappa shape index (κ3) is 3.16. The number of thiophene rings is 1. The van der Waals surface area contributed by atoms with E-state index in [4.69, 9.17) is 11.6 Å². The molecule has 1 aromatic heterocycles. The van der Waals surface area contributed by atoms with Crippen LogP contribution < -0.4 is 0 Å². The van der Waals surface area contributed by atoms with E-state index in [-0.39, 0.29) is 0 Å². The van der Waals surface area contributed by atoms with E-state index in [2.05, 4.69) is 12.3 Å². The Bertz CT molecular complexity index is 217. The average Bonchev–Trinajstić information content (AvgIpc) is 2.46. The van der Waals surface area contributed by atoms with E-state index >= 15 is 0 Å². The van der Waals surface area contributed by atoms with Crippen molar-refractivity contribution in [3.05, 3.63) is 21.3 Å². The molecule has 68 valence electrons. The Balaban J connectivity index is 2.20. The summed E-state index contributed by atoms with van der Waals surface area (Å²) < 4.78 is 0. The molecule has 0 nitrogen and oxygen atoms in total. The lowest BCUT2D eigenvalue weighted by atomic mass is 10.1. The van der Waals surface area contributed by atoms with Gasteiger partial charge in [0.1, 0.15) is 0 Å². The summed E-state index contributed by atoms with van der Waals surface area (Å²) in [6, 6.07) is 0. The van der Waals surface area contributed by atoms with Crippen LogP contribution in [0.5, 0.6) is 0 Å². The van der Waals surface area contributed by atoms with Crippen molar-refractivity contribution in [1.82, 2.24) is 0 Å². The highest BCUT2D eigenvalue weighted by Gasteiger charge is 1.99. The van der Waals surface area contributed by atoms with Gasteiger partial charge in [0, 0.05) is 5.38 Å². The summed E-state index contributed by atoms with van der Waals surface area (Å²) in [5.41, 5.74) is 1.33. The second-order valence-electron chi connectivity index (χ2n) is 3.06. The molecule has 2 heteroatoms. The molecule has 0 aliphatic carbocycles. The summed E-state index contributed by atoms with van der Waals surface area (Å²) in [7, 11) is 0. The van der Waals surface area contributed by atoms with Crippen LogP contribution in [-0.2, 0) is 6.42 Å². The lowest BCUT2D eigenvalue weighted by molar-refractivity contribution is 0.667. The number of unbranched alkanes of at least 4 members (excludes halogenated alkanes) is 3. The van der Waals surface area contributed by atoms with Crippen molar-refractivity contribution in [2.75, 3.05) is 0 Å². The Morgan fingerprint density at radius 1 is 1.25 bits per heavy atom. The minimum atomic E-state index is 0.955. The van der Waals surface area contributed by atoms with E-state index in [9.17, 15) is 0 Å². The zero-order valence-corrected chi connectivity index (χ0v) is 9.05. The van der Waals surface area contributed by atoms with Gasteiger partial charge >= 0.3 is 0 Å². The van der Waals surface area contributed by atoms with Crippen LogP contribution in [0, 0.1) is 0 Å². The van der Waals surface area contributed by atoms with Gasteiger partial charge in [0.25, 0.3) is 0 Å². The molecule has 0 unspecified atom stereocenters. The summed E-state index contributed by atoms with van der Waals surface area (Å²) in [6.07, 6.45) is 6.43. The van der Waals surface area contributed by atoms with Crippen LogP contribution >= 0.6 is 22.9 Å². The Morgan fingerprint density at radius 2 is 2.08 bits per heavy atom. The summed E-state index contributed by atoms with van der Waals surface area (Å²) in [5.74, 6) is 0. The maximum atomic E-state index is 5.96. The van der Waals surface area contributed by atoms with Crippen molar-refractivity contribution >= 4 is 22.9 Å². The first kappa shape index (κ1) is 10.1. The molecular formula is C10H15ClS. The molecule has 1 heterocycles. The molecule has 0 atom stereocenters. The Kier molecular flexibility index (Phi) is 4.70. The number of hydrogen-bond acceptors (Lipinski definition) is 1. The monoisotopic (exact) mass is 202 g/mol. The van der Waals surface area contributed by atoms with Crippen molar-refractivity contribution in [3.8, 4) is 0 Å². The molecule has 0 saturated heterocycles. The molecule has 0 aliphatic rings. The molecule has 1 aromatic rings. The van der Waals surface area contributed by atoms with Crippen molar-refractivity contribution in [3.63, 3.8) is 0 Å². The van der Waals surface area contributed by atoms with Gasteiger partial charge in [0.15, 0.2) is 0 Å². The second kappa shape index (κ2) is 5.60. The number of halogens is 1. The highest BCUT2D eigenvalue weighted by atomic mass is 35.5. The molecule has 0 radical (unpaired) electrons. The van der Waals surface area contributed by atoms with E-state index in [0.29, 0.717) is 0 Å². The lowest BCUT2D eigenvalue weighted by Gasteiger charge is -1.98. The van der Waals surface area contributed by atoms with Crippen molar-refractivity contribution < 1.29 is 0 Å². The van der Waals surface area contributed by atoms with Gasteiger partial charge in [-0.05, 0) is 23.8 Å². The van der Waals surface area contributed by atoms with Crippen LogP contribution in [0.15, 0.2) is 10.8 Å². The molecule has 0 spiro atoms. The lowest BCUT2D eigenvalue weighted by Crippen LogP contribution is -1.83. The first-order chi connectivity index (χ1) is 5.84. The molecule has 0 bridgehead atoms. The standard InChI is InChI=1S/C10H15ClS/c1-2-3-4-5-6-9-7-12-8-10(9)11/h7-8H,2-6H2,1H3. The molecule has 1 rings (SSSR count). The van der Waals surface area contributed by atoms with Gasteiger partial charge in [-0.1, -0.05) is 37.8 Å². The first-order valence-electron chi connectivity index (χ1n) is 4.55. The zero-order valence-electron chi connectivity index (χ0n) is 7.48. The minimum absolute atomic E-state index is 0.955. The summed E-state index contributed by atoms with van der Waals surface area (Å²) in [6.45, 7) is 2.23. The number of aryl methyl sites for hydroxylation is 1. The van der Waals surface area contributed by atoms with Crippen molar-refractivity contribution in [2.45, 2.75) is 39.0 Å². The van der Waals surface area contributed by atoms with E-state index in [1.165, 1.54) is 31.2 Å². The maximum Gasteiger partial charge on any atom is 0.0544 e. The normalized spacial score (nSPS) is 10.5. The van der Waals surface area contributed by atoms with E-state index in [1.807, 2.05) is 5.38 Å². The van der Waals surface area contributed by atoms with Gasteiger partial charge in [0.05, 0.1) is 5.02 Å². The predicted octanol–water partition coefficient (Wildman–Crippen LogP) is 4.52. The molecule has 0 amide bonds. The van der Waals surface area contributed by atoms with E-state index < -0.39 is 0 Å². The van der Waals surface area contributed by atoms with E-state index in [1.54, 1.807) is 11.3 Å². The van der Waals surface area contributed by atoms with Gasteiger partial charge in [0.2, 0.25) is 0 Å². The molecule has 0 N–H and O–H groups in total. The molecule has 12 heavy (non-hydrogen) atoms. The molecule has 0 aromatic carbocycles. The van der Waals surface area contributed by atoms with E-state index in [0.717, 1.165) is 11.4 Å². The highest BCUT2D eigenvalue weighted by Crippen LogP contribution is 2.22. The minimum Gasteiger partial charge on any atom is -0.151 e. The van der Waals surface area contributed by atoms with Gasteiger partial charge in [-0.15, -0.1) is 0 Å². The van der Waals surface area contributed by atoms with Crippen molar-refractivity contribution in [2.24, 2.45) is 0 Å². The number of hydrogen-bond donors (Lipinski definition) is 0. The molecule has 0 fully saturated rings. The first-order valence-corrected chi connectivity index (χ1v) is 5.87. The van der Waals surface area contributed by atoms with Crippen LogP contribution in [0.4, 0.5) is 0 Å². The second-order valence-corrected chi connectivity index (χ2v) is 4.21. The third-order valence-corrected chi connectivity index (χ3v) is 3.26. The third-order valence-electron chi connectivity index (χ3n) is 1.99. The van der Waals surface area contributed by atoms with Crippen molar-refractivity contribution in [1.29, 1.82) is 0 Å². The van der Waals surface area contributed by atoms with Crippen LogP contribution in [0.2, 0.25) is 5.02 Å². The summed E-state index contributed by atoms with van der Waals surface area (Å²) in [4.78, 5) is 0. The summed E-state index contributed by atoms with van der Waals surface area (Å²) >= 11 is 7.66. The van der Waals surface area contributed by atoms with Crippen LogP contribution in [0.1, 0.15) is 38.2 Å². The Hall–Kier alpha value is -0.0100. The zero-order chi connectivity index (χ0) is 8.81. The molecular weight excluding hydrogens is 188 g/mol. The maximum absolute atomic E-state index is 5.96. The Morgan fingerprint density at radius 3 is 2.67 bits per heavy atom. The topological polar surface area (TPSA) is 0 Å². The fraction of sp³-hybridized carbons (Fsp3) is 0.600. The van der Waals surface area contributed by atoms with Crippen LogP contribution in [-0.4, -0.2) is 0 Å². The summed E-state index contributed by atoms with van der Waals surface area (Å²) in [5, 5.41) is 5.13. The largest absolute Gasteiger partial charge is 0.151 e. The SMILES string of the molecule is CCCCCCc1cscc1Cl. The van der Waals surface area contributed by atoms with Gasteiger partial charge in [-0.3, -0.25) is 0 Å². The average molecular weight is 203 g/mol. The highest BCUT2D eigenvalue weighted by molar-refractivity contribution is 7.08. The molecule has 0 aliphatic heterocycles. The Labute approximate surface area is 83.6 Å². The molecule has 0 saturated carbocycles. The van der Waals surface area contributed by atoms with Gasteiger partial charge in [-0.25, -0.2) is 0 Å². The smallest absolute Gasteiger partial charge is 0.0544 e. The van der Waals surface area contributed by atoms with Crippen LogP contribution in [0.25, 0.3) is 0 Å².